The van der Waals surface area contributed by atoms with Crippen LogP contribution in [0, 0.1) is 5.92 Å². The van der Waals surface area contributed by atoms with Gasteiger partial charge in [-0.1, -0.05) is 6.58 Å². The van der Waals surface area contributed by atoms with Gasteiger partial charge in [-0.05, 0) is 31.5 Å². The number of nitrogens with one attached hydrogen (secondary N) is 2. The summed E-state index contributed by atoms with van der Waals surface area (Å²) in [6.07, 6.45) is 3.70. The molecule has 0 spiro atoms. The molecule has 0 unspecified atom stereocenters. The van der Waals surface area contributed by atoms with Crippen molar-refractivity contribution in [3.63, 3.8) is 0 Å². The minimum absolute atomic E-state index is 0.108. The summed E-state index contributed by atoms with van der Waals surface area (Å²) in [6, 6.07) is 4.16. The Labute approximate surface area is 175 Å². The fraction of sp³-hybridized carbons (Fsp3) is 0.400. The molecular formula is C20H26N8O2. The third-order valence-electron chi connectivity index (χ3n) is 5.64. The number of hydrogen-bond donors (Lipinski definition) is 3. The largest absolute Gasteiger partial charge is 0.494 e. The number of aromatic nitrogens is 3. The minimum atomic E-state index is -0.281. The summed E-state index contributed by atoms with van der Waals surface area (Å²) in [5.74, 6) is 1.34. The number of nitrogens with zero attached hydrogens (tertiary/aromatic N) is 5. The van der Waals surface area contributed by atoms with Gasteiger partial charge in [-0.25, -0.2) is 9.97 Å². The molecule has 4 N–H and O–H groups in total. The molecule has 2 atom stereocenters. The summed E-state index contributed by atoms with van der Waals surface area (Å²) in [4.78, 5) is 28.8. The Morgan fingerprint density at radius 3 is 2.90 bits per heavy atom. The second-order valence-electron chi connectivity index (χ2n) is 7.59. The monoisotopic (exact) mass is 410 g/mol. The summed E-state index contributed by atoms with van der Waals surface area (Å²) >= 11 is 0. The van der Waals surface area contributed by atoms with Crippen LogP contribution in [0.3, 0.4) is 0 Å². The van der Waals surface area contributed by atoms with E-state index in [0.29, 0.717) is 29.1 Å². The van der Waals surface area contributed by atoms with Crippen LogP contribution in [0.15, 0.2) is 31.1 Å². The van der Waals surface area contributed by atoms with Crippen molar-refractivity contribution in [2.75, 3.05) is 55.1 Å². The number of anilines is 5. The maximum Gasteiger partial charge on any atom is 0.247 e. The number of carbonyl (C=O) groups excluding carboxylic acids is 1. The van der Waals surface area contributed by atoms with Gasteiger partial charge in [0.25, 0.3) is 0 Å². The Hall–Kier alpha value is -3.40. The van der Waals surface area contributed by atoms with Gasteiger partial charge in [-0.3, -0.25) is 4.79 Å². The molecule has 2 aliphatic heterocycles. The molecule has 10 nitrogen and oxygen atoms in total. The molecule has 0 saturated carbocycles. The van der Waals surface area contributed by atoms with Crippen molar-refractivity contribution in [3.05, 3.63) is 31.1 Å². The number of hydrogen-bond acceptors (Lipinski definition) is 9. The van der Waals surface area contributed by atoms with Crippen LogP contribution in [0.4, 0.5) is 29.0 Å². The normalized spacial score (nSPS) is 20.7. The summed E-state index contributed by atoms with van der Waals surface area (Å²) < 4.78 is 5.63. The number of ether oxygens (including phenoxy) is 1. The second-order valence-corrected chi connectivity index (χ2v) is 7.59. The fourth-order valence-corrected chi connectivity index (χ4v) is 4.32. The lowest BCUT2D eigenvalue weighted by Crippen LogP contribution is -2.35. The number of likely N-dealkylation sites (tertiary alicyclic amines) is 1. The molecule has 0 radical (unpaired) electrons. The summed E-state index contributed by atoms with van der Waals surface area (Å²) in [6.45, 7) is 6.58. The molecule has 1 aromatic carbocycles. The lowest BCUT2D eigenvalue weighted by Gasteiger charge is -2.29. The van der Waals surface area contributed by atoms with Crippen LogP contribution in [-0.4, -0.2) is 65.6 Å². The van der Waals surface area contributed by atoms with Gasteiger partial charge in [0.05, 0.1) is 24.2 Å². The van der Waals surface area contributed by atoms with Gasteiger partial charge in [0, 0.05) is 31.7 Å². The molecule has 2 saturated heterocycles. The molecule has 0 aliphatic carbocycles. The van der Waals surface area contributed by atoms with Crippen molar-refractivity contribution in [2.24, 2.45) is 5.92 Å². The van der Waals surface area contributed by atoms with E-state index in [9.17, 15) is 4.79 Å². The van der Waals surface area contributed by atoms with Crippen LogP contribution in [0.5, 0.6) is 5.75 Å². The number of nitrogen functional groups attached to an aromatic ring is 1. The first kappa shape index (κ1) is 19.9. The Balaban J connectivity index is 1.73. The predicted molar refractivity (Wildman–Crippen MR) is 116 cm³/mol. The van der Waals surface area contributed by atoms with E-state index in [1.54, 1.807) is 7.11 Å². The molecular weight excluding hydrogens is 384 g/mol. The molecule has 1 amide bonds. The van der Waals surface area contributed by atoms with Crippen molar-refractivity contribution in [1.29, 1.82) is 0 Å². The molecule has 3 heterocycles. The topological polar surface area (TPSA) is 122 Å². The van der Waals surface area contributed by atoms with Crippen molar-refractivity contribution in [2.45, 2.75) is 12.5 Å². The first-order valence-electron chi connectivity index (χ1n) is 9.80. The van der Waals surface area contributed by atoms with E-state index in [4.69, 9.17) is 10.5 Å². The van der Waals surface area contributed by atoms with E-state index in [-0.39, 0.29) is 17.8 Å². The number of methoxy groups -OCH3 is 1. The maximum absolute atomic E-state index is 12.1. The number of fused-ring (bicyclic) bond motifs is 1. The van der Waals surface area contributed by atoms with Crippen LogP contribution in [-0.2, 0) is 4.79 Å². The molecule has 0 bridgehead atoms. The SMILES string of the molecule is C=CC(=O)Nc1cc(Nc2ncnc(N)n2)c(OC)cc1N1CC[C@@H]2CN(C)C[C@@H]21. The van der Waals surface area contributed by atoms with Gasteiger partial charge >= 0.3 is 0 Å². The highest BCUT2D eigenvalue weighted by molar-refractivity contribution is 6.02. The first-order chi connectivity index (χ1) is 14.5. The van der Waals surface area contributed by atoms with Crippen LogP contribution in [0.1, 0.15) is 6.42 Å². The smallest absolute Gasteiger partial charge is 0.247 e. The van der Waals surface area contributed by atoms with Crippen molar-refractivity contribution >= 4 is 34.9 Å². The highest BCUT2D eigenvalue weighted by atomic mass is 16.5. The van der Waals surface area contributed by atoms with Gasteiger partial charge in [0.15, 0.2) is 0 Å². The average molecular weight is 410 g/mol. The summed E-state index contributed by atoms with van der Waals surface area (Å²) in [5.41, 5.74) is 7.84. The molecule has 2 aliphatic rings. The number of likely N-dealkylation sites (N-methyl/N-ethyl adjacent to an activating group) is 1. The average Bonchev–Trinajstić information content (AvgIpc) is 3.27. The van der Waals surface area contributed by atoms with Gasteiger partial charge in [-0.2, -0.15) is 4.98 Å². The molecule has 158 valence electrons. The third kappa shape index (κ3) is 3.86. The maximum atomic E-state index is 12.1. The Bertz CT molecular complexity index is 966. The summed E-state index contributed by atoms with van der Waals surface area (Å²) in [5, 5.41) is 6.03. The van der Waals surface area contributed by atoms with Crippen LogP contribution in [0.25, 0.3) is 0 Å². The Morgan fingerprint density at radius 2 is 2.17 bits per heavy atom. The number of carbonyl (C=O) groups is 1. The highest BCUT2D eigenvalue weighted by Gasteiger charge is 2.41. The van der Waals surface area contributed by atoms with Crippen molar-refractivity contribution in [1.82, 2.24) is 19.9 Å². The Morgan fingerprint density at radius 1 is 1.33 bits per heavy atom. The molecule has 10 heteroatoms. The van der Waals surface area contributed by atoms with Crippen LogP contribution >= 0.6 is 0 Å². The zero-order valence-electron chi connectivity index (χ0n) is 17.1. The van der Waals surface area contributed by atoms with Crippen LogP contribution < -0.4 is 26.0 Å². The number of nitrogens with two attached hydrogens (primary N) is 1. The van der Waals surface area contributed by atoms with E-state index in [1.165, 1.54) is 12.4 Å². The molecule has 2 aromatic rings. The molecule has 4 rings (SSSR count). The lowest BCUT2D eigenvalue weighted by atomic mass is 10.0. The van der Waals surface area contributed by atoms with Gasteiger partial charge in [0.2, 0.25) is 17.8 Å². The van der Waals surface area contributed by atoms with Gasteiger partial charge < -0.3 is 30.9 Å². The first-order valence-corrected chi connectivity index (χ1v) is 9.80. The second kappa shape index (κ2) is 8.15. The fourth-order valence-electron chi connectivity index (χ4n) is 4.32. The van der Waals surface area contributed by atoms with Gasteiger partial charge in [-0.15, -0.1) is 0 Å². The number of rotatable bonds is 6. The third-order valence-corrected chi connectivity index (χ3v) is 5.64. The Kier molecular flexibility index (Phi) is 5.40. The highest BCUT2D eigenvalue weighted by Crippen LogP contribution is 2.43. The zero-order chi connectivity index (χ0) is 21.3. The van der Waals surface area contributed by atoms with Crippen molar-refractivity contribution < 1.29 is 9.53 Å². The summed E-state index contributed by atoms with van der Waals surface area (Å²) in [7, 11) is 3.75. The van der Waals surface area contributed by atoms with E-state index in [0.717, 1.165) is 31.7 Å². The van der Waals surface area contributed by atoms with E-state index in [1.807, 2.05) is 12.1 Å². The number of amides is 1. The standard InChI is InChI=1S/C20H26N8O2/c1-4-18(29)24-13-7-14(25-20-23-11-22-19(21)26-20)17(30-3)8-15(13)28-6-5-12-9-27(2)10-16(12)28/h4,7-8,11-12,16H,1,5-6,9-10H2,2-3H3,(H,24,29)(H3,21,22,23,25,26)/t12-,16+/m1/s1. The van der Waals surface area contributed by atoms with E-state index >= 15 is 0 Å². The number of benzene rings is 1. The van der Waals surface area contributed by atoms with E-state index < -0.39 is 0 Å². The minimum Gasteiger partial charge on any atom is -0.494 e. The molecule has 1 aromatic heterocycles. The lowest BCUT2D eigenvalue weighted by molar-refractivity contribution is -0.111. The zero-order valence-corrected chi connectivity index (χ0v) is 17.1. The van der Waals surface area contributed by atoms with Crippen molar-refractivity contribution in [3.8, 4) is 5.75 Å². The van der Waals surface area contributed by atoms with E-state index in [2.05, 4.69) is 49.0 Å². The molecule has 2 fully saturated rings. The predicted octanol–water partition coefficient (Wildman–Crippen LogP) is 1.47. The van der Waals surface area contributed by atoms with Gasteiger partial charge in [0.1, 0.15) is 12.1 Å². The van der Waals surface area contributed by atoms with Crippen LogP contribution in [0.2, 0.25) is 0 Å². The quantitative estimate of drug-likeness (QED) is 0.608. The molecule has 30 heavy (non-hydrogen) atoms.